The molecule has 0 aliphatic rings. The summed E-state index contributed by atoms with van der Waals surface area (Å²) in [4.78, 5) is 0. The highest BCUT2D eigenvalue weighted by Gasteiger charge is 2.34. The number of aromatic nitrogens is 2. The molecule has 1 N–H and O–H groups in total. The number of hydrogen-bond donors (Lipinski definition) is 1. The summed E-state index contributed by atoms with van der Waals surface area (Å²) in [5.74, 6) is 0. The van der Waals surface area contributed by atoms with Gasteiger partial charge in [-0.1, -0.05) is 0 Å². The molecule has 92 valence electrons. The lowest BCUT2D eigenvalue weighted by Gasteiger charge is -2.16. The van der Waals surface area contributed by atoms with Crippen LogP contribution in [-0.2, 0) is 10.9 Å². The van der Waals surface area contributed by atoms with Crippen LogP contribution < -0.4 is 5.32 Å². The summed E-state index contributed by atoms with van der Waals surface area (Å²) in [6.45, 7) is 0.798. The number of likely N-dealkylation sites (N-methyl/N-ethyl adjacent to an activating group) is 1. The third kappa shape index (κ3) is 3.21. The molecule has 0 aliphatic heterocycles. The summed E-state index contributed by atoms with van der Waals surface area (Å²) in [5.41, 5.74) is -0.885. The van der Waals surface area contributed by atoms with Crippen molar-refractivity contribution in [2.24, 2.45) is 0 Å². The Hall–Kier alpha value is -1.08. The molecule has 0 saturated heterocycles. The molecule has 4 nitrogen and oxygen atoms in total. The van der Waals surface area contributed by atoms with E-state index in [2.05, 4.69) is 10.4 Å². The van der Waals surface area contributed by atoms with Gasteiger partial charge < -0.3 is 10.1 Å². The summed E-state index contributed by atoms with van der Waals surface area (Å²) in [7, 11) is 3.22. The van der Waals surface area contributed by atoms with Gasteiger partial charge in [0, 0.05) is 19.9 Å². The van der Waals surface area contributed by atoms with Crippen LogP contribution in [0.2, 0.25) is 0 Å². The molecule has 16 heavy (non-hydrogen) atoms. The van der Waals surface area contributed by atoms with E-state index in [1.165, 1.54) is 18.0 Å². The summed E-state index contributed by atoms with van der Waals surface area (Å²) in [6, 6.07) is 0.712. The van der Waals surface area contributed by atoms with E-state index in [0.29, 0.717) is 13.2 Å². The third-order valence-corrected chi connectivity index (χ3v) is 2.07. The number of nitrogens with one attached hydrogen (secondary N) is 1. The Kier molecular flexibility index (Phi) is 4.31. The second kappa shape index (κ2) is 5.31. The molecule has 0 amide bonds. The molecule has 1 aromatic rings. The van der Waals surface area contributed by atoms with Crippen LogP contribution in [0.1, 0.15) is 11.7 Å². The standard InChI is InChI=1S/C9H14F3N3O/c1-13-5-7(6-16-2)15-4-3-8(14-15)9(10,11)12/h3-4,7,13H,5-6H2,1-2H3. The van der Waals surface area contributed by atoms with Crippen molar-refractivity contribution in [3.8, 4) is 0 Å². The minimum Gasteiger partial charge on any atom is -0.382 e. The highest BCUT2D eigenvalue weighted by molar-refractivity contribution is 5.04. The lowest BCUT2D eigenvalue weighted by Crippen LogP contribution is -2.26. The first kappa shape index (κ1) is 13.0. The Balaban J connectivity index is 2.81. The maximum absolute atomic E-state index is 12.3. The number of rotatable bonds is 5. The number of hydrogen-bond acceptors (Lipinski definition) is 3. The van der Waals surface area contributed by atoms with Gasteiger partial charge in [-0.05, 0) is 13.1 Å². The van der Waals surface area contributed by atoms with Crippen molar-refractivity contribution >= 4 is 0 Å². The van der Waals surface area contributed by atoms with Crippen molar-refractivity contribution in [3.05, 3.63) is 18.0 Å². The predicted octanol–water partition coefficient (Wildman–Crippen LogP) is 1.31. The van der Waals surface area contributed by atoms with Crippen LogP contribution in [-0.4, -0.2) is 37.1 Å². The van der Waals surface area contributed by atoms with E-state index in [1.54, 1.807) is 7.05 Å². The molecule has 7 heteroatoms. The summed E-state index contributed by atoms with van der Waals surface area (Å²) in [5, 5.41) is 6.37. The molecule has 1 aromatic heterocycles. The maximum Gasteiger partial charge on any atom is 0.435 e. The largest absolute Gasteiger partial charge is 0.435 e. The Labute approximate surface area is 91.4 Å². The third-order valence-electron chi connectivity index (χ3n) is 2.07. The monoisotopic (exact) mass is 237 g/mol. The van der Waals surface area contributed by atoms with Gasteiger partial charge in [0.2, 0.25) is 0 Å². The molecule has 1 rings (SSSR count). The highest BCUT2D eigenvalue weighted by Crippen LogP contribution is 2.27. The van der Waals surface area contributed by atoms with Crippen LogP contribution >= 0.6 is 0 Å². The minimum absolute atomic E-state index is 0.244. The molecule has 0 saturated carbocycles. The van der Waals surface area contributed by atoms with Crippen LogP contribution in [0.4, 0.5) is 13.2 Å². The molecular formula is C9H14F3N3O. The van der Waals surface area contributed by atoms with Gasteiger partial charge in [0.1, 0.15) is 0 Å². The van der Waals surface area contributed by atoms with Crippen molar-refractivity contribution in [1.29, 1.82) is 0 Å². The van der Waals surface area contributed by atoms with E-state index in [-0.39, 0.29) is 6.04 Å². The molecule has 0 fully saturated rings. The van der Waals surface area contributed by atoms with E-state index < -0.39 is 11.9 Å². The van der Waals surface area contributed by atoms with Crippen LogP contribution in [0.5, 0.6) is 0 Å². The zero-order valence-corrected chi connectivity index (χ0v) is 9.08. The van der Waals surface area contributed by atoms with E-state index in [4.69, 9.17) is 4.74 Å². The predicted molar refractivity (Wildman–Crippen MR) is 52.1 cm³/mol. The van der Waals surface area contributed by atoms with Crippen LogP contribution in [0.3, 0.4) is 0 Å². The van der Waals surface area contributed by atoms with Crippen LogP contribution in [0, 0.1) is 0 Å². The second-order valence-electron chi connectivity index (χ2n) is 3.35. The van der Waals surface area contributed by atoms with E-state index >= 15 is 0 Å². The van der Waals surface area contributed by atoms with Gasteiger partial charge in [0.15, 0.2) is 5.69 Å². The van der Waals surface area contributed by atoms with Gasteiger partial charge in [-0.2, -0.15) is 18.3 Å². The first-order valence-corrected chi connectivity index (χ1v) is 4.75. The van der Waals surface area contributed by atoms with Crippen LogP contribution in [0.15, 0.2) is 12.3 Å². The van der Waals surface area contributed by atoms with Gasteiger partial charge >= 0.3 is 6.18 Å². The van der Waals surface area contributed by atoms with E-state index in [9.17, 15) is 13.2 Å². The van der Waals surface area contributed by atoms with E-state index in [1.807, 2.05) is 0 Å². The maximum atomic E-state index is 12.3. The zero-order chi connectivity index (χ0) is 12.2. The molecule has 1 heterocycles. The number of nitrogens with zero attached hydrogens (tertiary/aromatic N) is 2. The number of alkyl halides is 3. The van der Waals surface area contributed by atoms with Gasteiger partial charge in [-0.15, -0.1) is 0 Å². The molecule has 0 aliphatic carbocycles. The lowest BCUT2D eigenvalue weighted by molar-refractivity contribution is -0.141. The lowest BCUT2D eigenvalue weighted by atomic mass is 10.3. The molecule has 0 aromatic carbocycles. The quantitative estimate of drug-likeness (QED) is 0.839. The Bertz CT molecular complexity index is 318. The highest BCUT2D eigenvalue weighted by atomic mass is 19.4. The Morgan fingerprint density at radius 2 is 2.25 bits per heavy atom. The molecule has 1 unspecified atom stereocenters. The summed E-state index contributed by atoms with van der Waals surface area (Å²) >= 11 is 0. The van der Waals surface area contributed by atoms with Crippen molar-refractivity contribution in [3.63, 3.8) is 0 Å². The fourth-order valence-electron chi connectivity index (χ4n) is 1.35. The fourth-order valence-corrected chi connectivity index (χ4v) is 1.35. The topological polar surface area (TPSA) is 39.1 Å². The van der Waals surface area contributed by atoms with Gasteiger partial charge in [-0.25, -0.2) is 0 Å². The number of ether oxygens (including phenoxy) is 1. The summed E-state index contributed by atoms with van der Waals surface area (Å²) in [6.07, 6.45) is -3.09. The molecule has 1 atom stereocenters. The van der Waals surface area contributed by atoms with Crippen LogP contribution in [0.25, 0.3) is 0 Å². The van der Waals surface area contributed by atoms with Gasteiger partial charge in [-0.3, -0.25) is 4.68 Å². The Morgan fingerprint density at radius 3 is 2.69 bits per heavy atom. The Morgan fingerprint density at radius 1 is 1.56 bits per heavy atom. The average molecular weight is 237 g/mol. The SMILES string of the molecule is CNCC(COC)n1ccc(C(F)(F)F)n1. The van der Waals surface area contributed by atoms with Crippen molar-refractivity contribution in [1.82, 2.24) is 15.1 Å². The zero-order valence-electron chi connectivity index (χ0n) is 9.08. The molecule has 0 bridgehead atoms. The molecule has 0 radical (unpaired) electrons. The normalized spacial score (nSPS) is 14.1. The van der Waals surface area contributed by atoms with E-state index in [0.717, 1.165) is 6.07 Å². The number of methoxy groups -OCH3 is 1. The van der Waals surface area contributed by atoms with Crippen molar-refractivity contribution in [2.45, 2.75) is 12.2 Å². The molecular weight excluding hydrogens is 223 g/mol. The van der Waals surface area contributed by atoms with Gasteiger partial charge in [0.05, 0.1) is 12.6 Å². The van der Waals surface area contributed by atoms with Crippen molar-refractivity contribution in [2.75, 3.05) is 27.3 Å². The first-order chi connectivity index (χ1) is 7.49. The van der Waals surface area contributed by atoms with Gasteiger partial charge in [0.25, 0.3) is 0 Å². The average Bonchev–Trinajstić information content (AvgIpc) is 2.65. The first-order valence-electron chi connectivity index (χ1n) is 4.75. The summed E-state index contributed by atoms with van der Waals surface area (Å²) < 4.78 is 43.1. The number of halogens is 3. The second-order valence-corrected chi connectivity index (χ2v) is 3.35. The molecule has 0 spiro atoms. The van der Waals surface area contributed by atoms with Crippen molar-refractivity contribution < 1.29 is 17.9 Å². The smallest absolute Gasteiger partial charge is 0.382 e. The fraction of sp³-hybridized carbons (Fsp3) is 0.667. The minimum atomic E-state index is -4.40.